The minimum Gasteiger partial charge on any atom is 0 e. The fraction of sp³-hybridized carbons (Fsp3) is 0. The van der Waals surface area contributed by atoms with Crippen LogP contribution in [0.25, 0.3) is 0 Å². The van der Waals surface area contributed by atoms with Crippen molar-refractivity contribution in [1.29, 1.82) is 0 Å². The minimum absolute atomic E-state index is 0. The van der Waals surface area contributed by atoms with Crippen LogP contribution in [0, 0.1) is 35.6 Å². The van der Waals surface area contributed by atoms with E-state index >= 15 is 0 Å². The molecule has 2 N–H and O–H groups in total. The van der Waals surface area contributed by atoms with Gasteiger partial charge in [-0.15, -0.1) is 0 Å². The van der Waals surface area contributed by atoms with Gasteiger partial charge in [-0.3, -0.25) is 0 Å². The molecule has 0 aliphatic carbocycles. The second-order valence-electron chi connectivity index (χ2n) is 0. The molecule has 0 saturated heterocycles. The van der Waals surface area contributed by atoms with Crippen molar-refractivity contribution in [2.45, 2.75) is 0 Å². The molecule has 0 heterocycles. The zero-order valence-electron chi connectivity index (χ0n) is 1.46. The van der Waals surface area contributed by atoms with Gasteiger partial charge in [0, 0.05) is 52.7 Å². The summed E-state index contributed by atoms with van der Waals surface area (Å²) >= 11 is 0. The predicted molar refractivity (Wildman–Crippen MR) is 22.1 cm³/mol. The quantitative estimate of drug-likeness (QED) is 0.427. The van der Waals surface area contributed by atoms with E-state index in [2.05, 4.69) is 0 Å². The molecule has 5 heteroatoms. The first kappa shape index (κ1) is 39.3. The summed E-state index contributed by atoms with van der Waals surface area (Å²) in [5.74, 6) is 0. The van der Waals surface area contributed by atoms with Crippen LogP contribution in [0.2, 0.25) is 0 Å². The van der Waals surface area contributed by atoms with Crippen molar-refractivity contribution in [2.75, 3.05) is 0 Å². The molecule has 0 saturated carbocycles. The zero-order chi connectivity index (χ0) is 0. The summed E-state index contributed by atoms with van der Waals surface area (Å²) in [5.41, 5.74) is 0. The van der Waals surface area contributed by atoms with Crippen LogP contribution in [0.15, 0.2) is 0 Å². The van der Waals surface area contributed by atoms with E-state index in [1.807, 2.05) is 0 Å². The Morgan fingerprint density at radius 1 is 1.00 bits per heavy atom. The average molecular weight is 284 g/mol. The molecular formula is H7AlCaLaMnO. The Hall–Kier alpha value is 3.47. The van der Waals surface area contributed by atoms with Crippen molar-refractivity contribution < 1.29 is 58.1 Å². The molecule has 28 valence electrons. The molecule has 0 aromatic carbocycles. The van der Waals surface area contributed by atoms with Crippen LogP contribution < -0.4 is 0 Å². The Morgan fingerprint density at radius 3 is 1.00 bits per heavy atom. The molecule has 0 amide bonds. The fourth-order valence-corrected chi connectivity index (χ4v) is 0. The topological polar surface area (TPSA) is 31.5 Å². The van der Waals surface area contributed by atoms with Crippen LogP contribution in [0.4, 0.5) is 0 Å². The molecule has 0 bridgehead atoms. The van der Waals surface area contributed by atoms with Gasteiger partial charge in [0.1, 0.15) is 0 Å². The van der Waals surface area contributed by atoms with E-state index in [-0.39, 0.29) is 113 Å². The second-order valence-corrected chi connectivity index (χ2v) is 0. The van der Waals surface area contributed by atoms with Gasteiger partial charge in [0.15, 0.2) is 17.4 Å². The molecule has 0 aromatic heterocycles. The van der Waals surface area contributed by atoms with Gasteiger partial charge in [-0.05, 0) is 0 Å². The van der Waals surface area contributed by atoms with Crippen molar-refractivity contribution in [3.8, 4) is 0 Å². The molecule has 0 fully saturated rings. The first-order chi connectivity index (χ1) is 0. The first-order valence-electron chi connectivity index (χ1n) is 0. The van der Waals surface area contributed by atoms with E-state index in [1.165, 1.54) is 0 Å². The maximum atomic E-state index is 0. The molecule has 0 unspecified atom stereocenters. The summed E-state index contributed by atoms with van der Waals surface area (Å²) < 4.78 is 0. The van der Waals surface area contributed by atoms with Crippen LogP contribution in [-0.4, -0.2) is 60.6 Å². The van der Waals surface area contributed by atoms with Crippen molar-refractivity contribution in [2.24, 2.45) is 0 Å². The van der Waals surface area contributed by atoms with E-state index in [0.29, 0.717) is 0 Å². The van der Waals surface area contributed by atoms with Gasteiger partial charge in [-0.1, -0.05) is 0 Å². The molecule has 0 spiro atoms. The second kappa shape index (κ2) is 26.0. The van der Waals surface area contributed by atoms with Crippen LogP contribution in [0.3, 0.4) is 0 Å². The molecular weight excluding hydrogens is 277 g/mol. The summed E-state index contributed by atoms with van der Waals surface area (Å²) in [7, 11) is 0. The van der Waals surface area contributed by atoms with Crippen molar-refractivity contribution >= 4 is 55.1 Å². The molecule has 1 nitrogen and oxygen atoms in total. The monoisotopic (exact) mass is 284 g/mol. The van der Waals surface area contributed by atoms with E-state index in [1.54, 1.807) is 0 Å². The van der Waals surface area contributed by atoms with Crippen LogP contribution >= 0.6 is 0 Å². The van der Waals surface area contributed by atoms with Gasteiger partial charge in [0.25, 0.3) is 0 Å². The van der Waals surface area contributed by atoms with Crippen LogP contribution in [0.5, 0.6) is 0 Å². The van der Waals surface area contributed by atoms with Crippen molar-refractivity contribution in [3.05, 3.63) is 0 Å². The van der Waals surface area contributed by atoms with Gasteiger partial charge in [0.2, 0.25) is 0 Å². The van der Waals surface area contributed by atoms with Crippen molar-refractivity contribution in [1.82, 2.24) is 0 Å². The van der Waals surface area contributed by atoms with Gasteiger partial charge in [-0.25, -0.2) is 0 Å². The third kappa shape index (κ3) is 18.6. The Balaban J connectivity index is 0. The van der Waals surface area contributed by atoms with E-state index in [0.717, 1.165) is 0 Å². The zero-order valence-corrected chi connectivity index (χ0v) is 6.26. The standard InChI is InChI=1S/Al.Ca.La.Mn.H2O.5H/h;;;;1H2;;;;;. The molecule has 5 heavy (non-hydrogen) atoms. The van der Waals surface area contributed by atoms with Crippen LogP contribution in [-0.2, 0) is 17.1 Å². The number of hydrogen-bond donors (Lipinski definition) is 0. The van der Waals surface area contributed by atoms with Gasteiger partial charge < -0.3 is 5.48 Å². The molecule has 0 aliphatic rings. The Bertz CT molecular complexity index is 11.6. The predicted octanol–water partition coefficient (Wildman–Crippen LogP) is -2.93. The molecule has 0 rings (SSSR count). The van der Waals surface area contributed by atoms with Gasteiger partial charge in [0.05, 0.1) is 0 Å². The summed E-state index contributed by atoms with van der Waals surface area (Å²) in [6, 6.07) is 0. The Labute approximate surface area is 111 Å². The van der Waals surface area contributed by atoms with Gasteiger partial charge >= 0.3 is 37.7 Å². The summed E-state index contributed by atoms with van der Waals surface area (Å²) in [4.78, 5) is 0. The summed E-state index contributed by atoms with van der Waals surface area (Å²) in [6.07, 6.45) is 0. The number of rotatable bonds is 0. The van der Waals surface area contributed by atoms with Gasteiger partial charge in [-0.2, -0.15) is 0 Å². The van der Waals surface area contributed by atoms with E-state index in [9.17, 15) is 0 Å². The number of hydrogen-bond acceptors (Lipinski definition) is 0. The Kier molecular flexibility index (Phi) is 204. The van der Waals surface area contributed by atoms with Crippen LogP contribution in [0.1, 0.15) is 0 Å². The summed E-state index contributed by atoms with van der Waals surface area (Å²) in [6.45, 7) is 0. The first-order valence-corrected chi connectivity index (χ1v) is 0. The van der Waals surface area contributed by atoms with E-state index < -0.39 is 0 Å². The third-order valence-electron chi connectivity index (χ3n) is 0. The van der Waals surface area contributed by atoms with Crippen molar-refractivity contribution in [3.63, 3.8) is 0 Å². The average Bonchev–Trinajstić information content (AvgIpc) is 0. The summed E-state index contributed by atoms with van der Waals surface area (Å²) in [5, 5.41) is 0. The smallest absolute Gasteiger partial charge is 0 e. The molecule has 0 aromatic rings. The molecule has 2 radical (unpaired) electrons. The molecule has 0 atom stereocenters. The SMILES string of the molecule is O.[AlH3].[CaH2].[La].[Mn]. The largest absolute Gasteiger partial charge is 0 e. The minimum atomic E-state index is 0. The molecule has 0 aliphatic heterocycles. The van der Waals surface area contributed by atoms with E-state index in [4.69, 9.17) is 0 Å². The maximum Gasteiger partial charge on any atom is 0 e. The maximum absolute atomic E-state index is 0. The normalized spacial score (nSPS) is 0. The Morgan fingerprint density at radius 2 is 1.00 bits per heavy atom. The fourth-order valence-electron chi connectivity index (χ4n) is 0. The third-order valence-corrected chi connectivity index (χ3v) is 0.